The van der Waals surface area contributed by atoms with E-state index in [0.29, 0.717) is 25.1 Å². The summed E-state index contributed by atoms with van der Waals surface area (Å²) in [4.78, 5) is 27.8. The molecule has 6 nitrogen and oxygen atoms in total. The summed E-state index contributed by atoms with van der Waals surface area (Å²) in [6.07, 6.45) is 3.26. The Hall–Kier alpha value is -2.06. The van der Waals surface area contributed by atoms with E-state index in [2.05, 4.69) is 17.6 Å². The molecule has 2 fully saturated rings. The predicted octanol–water partition coefficient (Wildman–Crippen LogP) is 2.39. The van der Waals surface area contributed by atoms with Crippen LogP contribution in [0.5, 0.6) is 0 Å². The van der Waals surface area contributed by atoms with Crippen LogP contribution in [0.4, 0.5) is 8.78 Å². The van der Waals surface area contributed by atoms with Gasteiger partial charge in [-0.05, 0) is 56.3 Å². The monoisotopic (exact) mass is 451 g/mol. The summed E-state index contributed by atoms with van der Waals surface area (Å²) in [5.74, 6) is -2.57. The van der Waals surface area contributed by atoms with Gasteiger partial charge in [-0.3, -0.25) is 9.59 Å². The second-order valence-electron chi connectivity index (χ2n) is 9.05. The first-order valence-corrected chi connectivity index (χ1v) is 11.8. The van der Waals surface area contributed by atoms with Crippen molar-refractivity contribution in [3.05, 3.63) is 35.4 Å². The molecule has 8 heteroatoms. The second kappa shape index (κ2) is 11.2. The predicted molar refractivity (Wildman–Crippen MR) is 118 cm³/mol. The molecule has 2 amide bonds. The van der Waals surface area contributed by atoms with Gasteiger partial charge in [0.15, 0.2) is 0 Å². The van der Waals surface area contributed by atoms with Crippen LogP contribution >= 0.6 is 0 Å². The topological polar surface area (TPSA) is 81.7 Å². The molecule has 2 heterocycles. The zero-order valence-corrected chi connectivity index (χ0v) is 18.9. The highest BCUT2D eigenvalue weighted by Gasteiger charge is 2.44. The van der Waals surface area contributed by atoms with Crippen LogP contribution in [0.15, 0.2) is 18.2 Å². The molecule has 3 N–H and O–H groups in total. The van der Waals surface area contributed by atoms with Crippen molar-refractivity contribution in [2.45, 2.75) is 70.6 Å². The number of carbonyl (C=O) groups is 2. The number of benzene rings is 1. The fraction of sp³-hybridized carbons (Fsp3) is 0.667. The van der Waals surface area contributed by atoms with Gasteiger partial charge in [0.1, 0.15) is 11.6 Å². The number of hydrogen-bond donors (Lipinski definition) is 3. The Bertz CT molecular complexity index is 780. The van der Waals surface area contributed by atoms with Crippen molar-refractivity contribution in [2.24, 2.45) is 11.8 Å². The number of halogens is 2. The number of aliphatic hydroxyl groups is 1. The average Bonchev–Trinajstić information content (AvgIpc) is 3.38. The first-order chi connectivity index (χ1) is 15.3. The molecule has 0 radical (unpaired) electrons. The summed E-state index contributed by atoms with van der Waals surface area (Å²) in [5, 5.41) is 17.2. The number of likely N-dealkylation sites (tertiary alicyclic amines) is 1. The molecule has 0 aromatic heterocycles. The number of hydrogen-bond acceptors (Lipinski definition) is 4. The number of rotatable bonds is 10. The van der Waals surface area contributed by atoms with Crippen molar-refractivity contribution in [3.8, 4) is 0 Å². The maximum atomic E-state index is 13.7. The number of unbranched alkanes of at least 4 members (excludes halogenated alkanes) is 1. The minimum Gasteiger partial charge on any atom is -0.389 e. The lowest BCUT2D eigenvalue weighted by Gasteiger charge is -2.30. The minimum absolute atomic E-state index is 0.00265. The normalized spacial score (nSPS) is 25.2. The molecule has 1 aromatic carbocycles. The van der Waals surface area contributed by atoms with Crippen molar-refractivity contribution in [1.29, 1.82) is 0 Å². The van der Waals surface area contributed by atoms with E-state index in [9.17, 15) is 23.5 Å². The van der Waals surface area contributed by atoms with Crippen molar-refractivity contribution < 1.29 is 23.5 Å². The third-order valence-corrected chi connectivity index (χ3v) is 6.72. The summed E-state index contributed by atoms with van der Waals surface area (Å²) in [6.45, 7) is 5.73. The Morgan fingerprint density at radius 3 is 2.59 bits per heavy atom. The highest BCUT2D eigenvalue weighted by atomic mass is 19.1. The molecular weight excluding hydrogens is 416 g/mol. The maximum Gasteiger partial charge on any atom is 0.226 e. The molecular formula is C24H35F2N3O3. The Morgan fingerprint density at radius 1 is 1.28 bits per heavy atom. The molecule has 5 atom stereocenters. The van der Waals surface area contributed by atoms with E-state index in [1.807, 2.05) is 6.92 Å². The summed E-state index contributed by atoms with van der Waals surface area (Å²) >= 11 is 0. The van der Waals surface area contributed by atoms with Gasteiger partial charge in [-0.15, -0.1) is 0 Å². The lowest BCUT2D eigenvalue weighted by molar-refractivity contribution is -0.133. The Balaban J connectivity index is 1.76. The quantitative estimate of drug-likeness (QED) is 0.510. The van der Waals surface area contributed by atoms with Gasteiger partial charge in [0.25, 0.3) is 0 Å². The fourth-order valence-electron chi connectivity index (χ4n) is 4.95. The first-order valence-electron chi connectivity index (χ1n) is 11.8. The summed E-state index contributed by atoms with van der Waals surface area (Å²) in [5.41, 5.74) is 0.365. The van der Waals surface area contributed by atoms with Crippen LogP contribution < -0.4 is 10.6 Å². The summed E-state index contributed by atoms with van der Waals surface area (Å²) in [7, 11) is 0. The van der Waals surface area contributed by atoms with Crippen LogP contribution in [0.1, 0.15) is 51.5 Å². The molecule has 3 rings (SSSR count). The van der Waals surface area contributed by atoms with Crippen LogP contribution in [0.3, 0.4) is 0 Å². The van der Waals surface area contributed by atoms with E-state index in [4.69, 9.17) is 0 Å². The highest BCUT2D eigenvalue weighted by Crippen LogP contribution is 2.29. The van der Waals surface area contributed by atoms with Crippen molar-refractivity contribution in [3.63, 3.8) is 0 Å². The van der Waals surface area contributed by atoms with Crippen LogP contribution in [0.25, 0.3) is 0 Å². The number of carbonyl (C=O) groups excluding carboxylic acids is 2. The number of amides is 2. The maximum absolute atomic E-state index is 13.7. The molecule has 0 aliphatic carbocycles. The van der Waals surface area contributed by atoms with E-state index in [0.717, 1.165) is 38.3 Å². The lowest BCUT2D eigenvalue weighted by atomic mass is 9.90. The van der Waals surface area contributed by atoms with Crippen LogP contribution in [0.2, 0.25) is 0 Å². The molecule has 178 valence electrons. The number of aliphatic hydroxyl groups excluding tert-OH is 1. The third kappa shape index (κ3) is 5.84. The standard InChI is InChI=1S/C24H35F2N3O3/c1-3-5-9-29-14-19(18(4-2)24(29)32)23(31)28-21(22(30)20-7-6-8-27-20)12-15-10-16(25)13-17(26)11-15/h10-11,13,18-22,27,30H,3-9,12,14H2,1-2H3,(H,28,31)/t18-,19?,20+,21-,22+/m0/s1. The Morgan fingerprint density at radius 2 is 2.00 bits per heavy atom. The molecule has 2 aliphatic heterocycles. The molecule has 0 spiro atoms. The van der Waals surface area contributed by atoms with Crippen molar-refractivity contribution in [1.82, 2.24) is 15.5 Å². The van der Waals surface area contributed by atoms with Gasteiger partial charge in [-0.2, -0.15) is 0 Å². The van der Waals surface area contributed by atoms with Gasteiger partial charge < -0.3 is 20.6 Å². The second-order valence-corrected chi connectivity index (χ2v) is 9.05. The van der Waals surface area contributed by atoms with Gasteiger partial charge in [0.2, 0.25) is 11.8 Å². The van der Waals surface area contributed by atoms with Crippen molar-refractivity contribution >= 4 is 11.8 Å². The van der Waals surface area contributed by atoms with Gasteiger partial charge >= 0.3 is 0 Å². The smallest absolute Gasteiger partial charge is 0.226 e. The van der Waals surface area contributed by atoms with E-state index in [1.165, 1.54) is 12.1 Å². The van der Waals surface area contributed by atoms with Crippen LogP contribution in [-0.4, -0.2) is 59.6 Å². The molecule has 1 aromatic rings. The van der Waals surface area contributed by atoms with E-state index >= 15 is 0 Å². The van der Waals surface area contributed by atoms with Gasteiger partial charge in [-0.25, -0.2) is 8.78 Å². The van der Waals surface area contributed by atoms with E-state index in [1.54, 1.807) is 4.90 Å². The largest absolute Gasteiger partial charge is 0.389 e. The van der Waals surface area contributed by atoms with Gasteiger partial charge in [-0.1, -0.05) is 20.3 Å². The SMILES string of the molecule is CCCCN1CC(C(=O)N[C@@H](Cc2cc(F)cc(F)c2)[C@H](O)[C@H]2CCCN2)[C@H](CC)C1=O. The first kappa shape index (κ1) is 24.6. The van der Waals surface area contributed by atoms with Crippen LogP contribution in [0, 0.1) is 23.5 Å². The molecule has 0 bridgehead atoms. The van der Waals surface area contributed by atoms with Crippen LogP contribution in [-0.2, 0) is 16.0 Å². The molecule has 2 aliphatic rings. The molecule has 2 saturated heterocycles. The summed E-state index contributed by atoms with van der Waals surface area (Å²) < 4.78 is 27.5. The Kier molecular flexibility index (Phi) is 8.59. The van der Waals surface area contributed by atoms with Crippen molar-refractivity contribution in [2.75, 3.05) is 19.6 Å². The van der Waals surface area contributed by atoms with Gasteiger partial charge in [0, 0.05) is 25.2 Å². The molecule has 32 heavy (non-hydrogen) atoms. The summed E-state index contributed by atoms with van der Waals surface area (Å²) in [6, 6.07) is 2.31. The number of nitrogens with one attached hydrogen (secondary N) is 2. The third-order valence-electron chi connectivity index (χ3n) is 6.72. The van der Waals surface area contributed by atoms with E-state index < -0.39 is 29.7 Å². The van der Waals surface area contributed by atoms with E-state index in [-0.39, 0.29) is 30.2 Å². The minimum atomic E-state index is -0.916. The fourth-order valence-corrected chi connectivity index (χ4v) is 4.95. The van der Waals surface area contributed by atoms with Gasteiger partial charge in [0.05, 0.1) is 24.0 Å². The number of nitrogens with zero attached hydrogens (tertiary/aromatic N) is 1. The zero-order valence-electron chi connectivity index (χ0n) is 18.9. The highest BCUT2D eigenvalue weighted by molar-refractivity contribution is 5.91. The Labute approximate surface area is 188 Å². The average molecular weight is 452 g/mol. The lowest BCUT2D eigenvalue weighted by Crippen LogP contribution is -2.54. The molecule has 0 saturated carbocycles. The molecule has 1 unspecified atom stereocenters. The zero-order chi connectivity index (χ0) is 23.3.